The van der Waals surface area contributed by atoms with Crippen LogP contribution in [0.2, 0.25) is 0 Å². The second kappa shape index (κ2) is 8.62. The van der Waals surface area contributed by atoms with E-state index < -0.39 is 0 Å². The van der Waals surface area contributed by atoms with Crippen LogP contribution in [-0.2, 0) is 11.2 Å². The zero-order valence-corrected chi connectivity index (χ0v) is 15.4. The Kier molecular flexibility index (Phi) is 6.01. The van der Waals surface area contributed by atoms with E-state index in [1.165, 1.54) is 12.3 Å². The van der Waals surface area contributed by atoms with Crippen LogP contribution in [0.15, 0.2) is 59.1 Å². The lowest BCUT2D eigenvalue weighted by Crippen LogP contribution is -2.11. The van der Waals surface area contributed by atoms with Crippen molar-refractivity contribution in [1.82, 2.24) is 4.98 Å². The number of aromatic nitrogens is 1. The monoisotopic (exact) mass is 367 g/mol. The lowest BCUT2D eigenvalue weighted by molar-refractivity contribution is -0.134. The number of oxazole rings is 1. The van der Waals surface area contributed by atoms with E-state index in [0.29, 0.717) is 35.3 Å². The quantitative estimate of drug-likeness (QED) is 0.407. The first-order chi connectivity index (χ1) is 13.1. The maximum atomic E-state index is 13.8. The Morgan fingerprint density at radius 2 is 1.93 bits per heavy atom. The highest BCUT2D eigenvalue weighted by atomic mass is 19.1. The van der Waals surface area contributed by atoms with Gasteiger partial charge >= 0.3 is 5.97 Å². The molecule has 4 nitrogen and oxygen atoms in total. The fourth-order valence-electron chi connectivity index (χ4n) is 2.79. The lowest BCUT2D eigenvalue weighted by Gasteiger charge is -2.14. The number of esters is 1. The van der Waals surface area contributed by atoms with Gasteiger partial charge in [0.05, 0.1) is 18.2 Å². The molecule has 0 saturated carbocycles. The highest BCUT2D eigenvalue weighted by molar-refractivity contribution is 5.73. The third kappa shape index (κ3) is 4.61. The molecule has 0 spiro atoms. The summed E-state index contributed by atoms with van der Waals surface area (Å²) in [5.74, 6) is 0.900. The molecule has 0 aliphatic rings. The normalized spacial score (nSPS) is 12.0. The van der Waals surface area contributed by atoms with Crippen LogP contribution in [0.3, 0.4) is 0 Å². The Labute approximate surface area is 158 Å². The molecule has 140 valence electrons. The molecule has 1 aromatic heterocycles. The number of aryl methyl sites for hydroxylation is 1. The summed E-state index contributed by atoms with van der Waals surface area (Å²) in [5, 5.41) is 0. The van der Waals surface area contributed by atoms with Crippen LogP contribution in [0, 0.1) is 5.82 Å². The number of hydrogen-bond acceptors (Lipinski definition) is 4. The van der Waals surface area contributed by atoms with Gasteiger partial charge in [0, 0.05) is 6.42 Å². The number of halogens is 1. The van der Waals surface area contributed by atoms with Gasteiger partial charge in [-0.05, 0) is 36.1 Å². The fraction of sp³-hybridized carbons (Fsp3) is 0.273. The highest BCUT2D eigenvalue weighted by Gasteiger charge is 2.15. The van der Waals surface area contributed by atoms with Gasteiger partial charge in [-0.1, -0.05) is 44.2 Å². The summed E-state index contributed by atoms with van der Waals surface area (Å²) in [6.07, 6.45) is 2.85. The van der Waals surface area contributed by atoms with Gasteiger partial charge < -0.3 is 9.15 Å². The zero-order chi connectivity index (χ0) is 19.2. The summed E-state index contributed by atoms with van der Waals surface area (Å²) in [6.45, 7) is 4.20. The number of benzene rings is 2. The molecule has 1 unspecified atom stereocenters. The molecule has 5 heteroatoms. The Balaban J connectivity index is 1.62. The molecule has 0 amide bonds. The second-order valence-corrected chi connectivity index (χ2v) is 6.42. The molecule has 0 aliphatic carbocycles. The van der Waals surface area contributed by atoms with Gasteiger partial charge in [-0.3, -0.25) is 4.79 Å². The zero-order valence-electron chi connectivity index (χ0n) is 15.4. The van der Waals surface area contributed by atoms with E-state index in [-0.39, 0.29) is 18.2 Å². The molecular weight excluding hydrogens is 345 g/mol. The molecule has 27 heavy (non-hydrogen) atoms. The molecule has 3 rings (SSSR count). The van der Waals surface area contributed by atoms with E-state index >= 15 is 0 Å². The van der Waals surface area contributed by atoms with E-state index in [1.54, 1.807) is 24.3 Å². The summed E-state index contributed by atoms with van der Waals surface area (Å²) in [5.41, 5.74) is 1.37. The molecule has 2 aromatic carbocycles. The largest absolute Gasteiger partial charge is 0.441 e. The molecular formula is C22H22FNO3. The van der Waals surface area contributed by atoms with Crippen LogP contribution in [0.5, 0.6) is 5.75 Å². The van der Waals surface area contributed by atoms with E-state index in [0.717, 1.165) is 12.0 Å². The number of ether oxygens (including phenoxy) is 1. The lowest BCUT2D eigenvalue weighted by atomic mass is 9.98. The Morgan fingerprint density at radius 3 is 2.70 bits per heavy atom. The van der Waals surface area contributed by atoms with Crippen molar-refractivity contribution >= 4 is 5.97 Å². The smallest absolute Gasteiger partial charge is 0.311 e. The predicted molar refractivity (Wildman–Crippen MR) is 101 cm³/mol. The number of hydrogen-bond donors (Lipinski definition) is 0. The predicted octanol–water partition coefficient (Wildman–Crippen LogP) is 5.53. The standard InChI is InChI=1S/C22H22FNO3/c1-3-15(2)16-8-5-7-11-19(16)27-22(25)13-12-21-24-14-20(26-21)17-9-4-6-10-18(17)23/h4-11,14-15H,3,12-13H2,1-2H3. The van der Waals surface area contributed by atoms with Gasteiger partial charge in [0.2, 0.25) is 0 Å². The second-order valence-electron chi connectivity index (χ2n) is 6.42. The Morgan fingerprint density at radius 1 is 1.19 bits per heavy atom. The summed E-state index contributed by atoms with van der Waals surface area (Å²) in [6, 6.07) is 13.9. The van der Waals surface area contributed by atoms with Gasteiger partial charge in [-0.2, -0.15) is 0 Å². The first-order valence-corrected chi connectivity index (χ1v) is 9.07. The van der Waals surface area contributed by atoms with Gasteiger partial charge in [0.25, 0.3) is 0 Å². The van der Waals surface area contributed by atoms with E-state index in [4.69, 9.17) is 9.15 Å². The van der Waals surface area contributed by atoms with Crippen LogP contribution in [0.25, 0.3) is 11.3 Å². The van der Waals surface area contributed by atoms with Crippen molar-refractivity contribution in [1.29, 1.82) is 0 Å². The van der Waals surface area contributed by atoms with Gasteiger partial charge in [-0.25, -0.2) is 9.37 Å². The summed E-state index contributed by atoms with van der Waals surface area (Å²) < 4.78 is 24.9. The number of para-hydroxylation sites is 1. The molecule has 0 fully saturated rings. The van der Waals surface area contributed by atoms with Crippen LogP contribution < -0.4 is 4.74 Å². The first kappa shape index (κ1) is 18.8. The minimum atomic E-state index is -0.374. The minimum absolute atomic E-state index is 0.131. The molecule has 3 aromatic rings. The number of carbonyl (C=O) groups is 1. The summed E-state index contributed by atoms with van der Waals surface area (Å²) >= 11 is 0. The topological polar surface area (TPSA) is 52.3 Å². The van der Waals surface area contributed by atoms with Crippen molar-refractivity contribution in [2.24, 2.45) is 0 Å². The summed E-state index contributed by atoms with van der Waals surface area (Å²) in [4.78, 5) is 16.4. The SMILES string of the molecule is CCC(C)c1ccccc1OC(=O)CCc1ncc(-c2ccccc2F)o1. The van der Waals surface area contributed by atoms with Gasteiger partial charge in [-0.15, -0.1) is 0 Å². The number of rotatable bonds is 7. The number of nitrogens with zero attached hydrogens (tertiary/aromatic N) is 1. The first-order valence-electron chi connectivity index (χ1n) is 9.07. The molecule has 0 saturated heterocycles. The van der Waals surface area contributed by atoms with Gasteiger partial charge in [0.1, 0.15) is 11.6 Å². The Bertz CT molecular complexity index is 919. The minimum Gasteiger partial charge on any atom is -0.441 e. The molecule has 1 heterocycles. The fourth-order valence-corrected chi connectivity index (χ4v) is 2.79. The van der Waals surface area contributed by atoms with Crippen molar-refractivity contribution in [3.63, 3.8) is 0 Å². The molecule has 0 aliphatic heterocycles. The van der Waals surface area contributed by atoms with Gasteiger partial charge in [0.15, 0.2) is 11.7 Å². The van der Waals surface area contributed by atoms with Crippen molar-refractivity contribution in [2.45, 2.75) is 39.0 Å². The molecule has 0 N–H and O–H groups in total. The average molecular weight is 367 g/mol. The third-order valence-corrected chi connectivity index (χ3v) is 4.52. The highest BCUT2D eigenvalue weighted by Crippen LogP contribution is 2.29. The van der Waals surface area contributed by atoms with Crippen molar-refractivity contribution in [3.05, 3.63) is 72.0 Å². The van der Waals surface area contributed by atoms with Crippen LogP contribution in [0.1, 0.15) is 44.1 Å². The molecule has 0 bridgehead atoms. The van der Waals surface area contributed by atoms with E-state index in [2.05, 4.69) is 18.8 Å². The van der Waals surface area contributed by atoms with Crippen LogP contribution in [0.4, 0.5) is 4.39 Å². The Hall–Kier alpha value is -2.95. The third-order valence-electron chi connectivity index (χ3n) is 4.52. The van der Waals surface area contributed by atoms with E-state index in [9.17, 15) is 9.18 Å². The van der Waals surface area contributed by atoms with Crippen molar-refractivity contribution in [3.8, 4) is 17.1 Å². The molecule has 0 radical (unpaired) electrons. The maximum absolute atomic E-state index is 13.8. The molecule has 1 atom stereocenters. The van der Waals surface area contributed by atoms with E-state index in [1.807, 2.05) is 18.2 Å². The van der Waals surface area contributed by atoms with Crippen molar-refractivity contribution in [2.75, 3.05) is 0 Å². The number of carbonyl (C=O) groups excluding carboxylic acids is 1. The summed E-state index contributed by atoms with van der Waals surface area (Å²) in [7, 11) is 0. The van der Waals surface area contributed by atoms with Crippen LogP contribution in [-0.4, -0.2) is 11.0 Å². The van der Waals surface area contributed by atoms with Crippen LogP contribution >= 0.6 is 0 Å². The maximum Gasteiger partial charge on any atom is 0.311 e. The van der Waals surface area contributed by atoms with Crippen molar-refractivity contribution < 1.29 is 18.3 Å². The average Bonchev–Trinajstić information content (AvgIpc) is 3.15.